The summed E-state index contributed by atoms with van der Waals surface area (Å²) >= 11 is 0. The van der Waals surface area contributed by atoms with Gasteiger partial charge in [-0.2, -0.15) is 0 Å². The highest BCUT2D eigenvalue weighted by Crippen LogP contribution is 2.29. The Bertz CT molecular complexity index is 3750. The molecule has 6 aromatic rings. The first kappa shape index (κ1) is 74.3. The second kappa shape index (κ2) is 35.6. The number of nitro groups is 2. The third kappa shape index (κ3) is 22.8. The zero-order valence-corrected chi connectivity index (χ0v) is 55.6. The number of non-ortho nitro benzene ring substituents is 1. The molecule has 1 aromatic heterocycles. The van der Waals surface area contributed by atoms with E-state index in [1.54, 1.807) is 133 Å². The van der Waals surface area contributed by atoms with Gasteiger partial charge in [-0.05, 0) is 92.3 Å². The van der Waals surface area contributed by atoms with Crippen molar-refractivity contribution in [2.24, 2.45) is 11.8 Å². The zero-order valence-electron chi connectivity index (χ0n) is 55.6. The van der Waals surface area contributed by atoms with Gasteiger partial charge in [0, 0.05) is 31.6 Å². The Hall–Kier alpha value is -11.1. The molecule has 520 valence electrons. The molecule has 1 aliphatic rings. The number of imidazole rings is 1. The SMILES string of the molecule is CC[C@H](C)[C@H](NC(=O)[C@@H]1CCCN1C(=O)[C@H](CC(=O)OCc1ccccc1)NC(=O)OC(C)(C)C)C(=O)NCC(=O)N[C@@H](Cc1cn(-c2ccc([N+](=O)[O-])cc2[N+](=O)[O-])cn1)C(=O)N[C@@H](CC(C)C)C(=O)N[C@@H](Cc1ccc(OCc2ccccc2)cc1)C(=O)OCc1ccccc1. The van der Waals surface area contributed by atoms with Crippen LogP contribution in [0.2, 0.25) is 0 Å². The minimum absolute atomic E-state index is 0.00878. The van der Waals surface area contributed by atoms with Gasteiger partial charge in [0.1, 0.15) is 73.1 Å². The van der Waals surface area contributed by atoms with Crippen LogP contribution in [0.5, 0.6) is 5.75 Å². The molecule has 2 heterocycles. The molecule has 98 heavy (non-hydrogen) atoms. The number of rotatable bonds is 33. The summed E-state index contributed by atoms with van der Waals surface area (Å²) in [4.78, 5) is 155. The lowest BCUT2D eigenvalue weighted by Crippen LogP contribution is -2.59. The monoisotopic (exact) mass is 1350 g/mol. The van der Waals surface area contributed by atoms with Gasteiger partial charge in [0.2, 0.25) is 35.4 Å². The molecule has 7 rings (SSSR count). The van der Waals surface area contributed by atoms with Crippen LogP contribution in [-0.2, 0) is 85.2 Å². The molecule has 0 bridgehead atoms. The lowest BCUT2D eigenvalue weighted by Gasteiger charge is -2.31. The van der Waals surface area contributed by atoms with Crippen LogP contribution >= 0.6 is 0 Å². The van der Waals surface area contributed by atoms with Gasteiger partial charge >= 0.3 is 18.0 Å². The maximum Gasteiger partial charge on any atom is 0.408 e. The Morgan fingerprint density at radius 2 is 1.26 bits per heavy atom. The summed E-state index contributed by atoms with van der Waals surface area (Å²) in [7, 11) is 0. The van der Waals surface area contributed by atoms with Crippen molar-refractivity contribution >= 4 is 64.8 Å². The van der Waals surface area contributed by atoms with E-state index >= 15 is 0 Å². The minimum Gasteiger partial charge on any atom is -0.489 e. The highest BCUT2D eigenvalue weighted by atomic mass is 16.6. The summed E-state index contributed by atoms with van der Waals surface area (Å²) < 4.78 is 23.7. The first-order chi connectivity index (χ1) is 46.7. The van der Waals surface area contributed by atoms with Gasteiger partial charge in [0.15, 0.2) is 0 Å². The maximum atomic E-state index is 14.8. The fourth-order valence-corrected chi connectivity index (χ4v) is 10.6. The smallest absolute Gasteiger partial charge is 0.408 e. The van der Waals surface area contributed by atoms with Crippen LogP contribution < -0.4 is 36.6 Å². The lowest BCUT2D eigenvalue weighted by atomic mass is 9.97. The third-order valence-corrected chi connectivity index (χ3v) is 15.8. The number of nitrogens with zero attached hydrogens (tertiary/aromatic N) is 5. The summed E-state index contributed by atoms with van der Waals surface area (Å²) in [6, 6.07) is 28.9. The number of alkyl carbamates (subject to hydrolysis) is 1. The molecular formula is C70H83N11O17. The predicted octanol–water partition coefficient (Wildman–Crippen LogP) is 6.96. The minimum atomic E-state index is -1.61. The number of ether oxygens (including phenoxy) is 4. The van der Waals surface area contributed by atoms with E-state index in [0.29, 0.717) is 41.9 Å². The standard InChI is InChI=1S/C70H83N11O17/c1-8-45(4)62(77-65(86)58-25-18-32-79(58)67(88)55(76-69(90)98-70(5,6)7)37-61(83)96-41-48-21-14-10-15-22-48)66(87)71-38-60(82)73-54(35-50-39-78(43-72-50)57-31-28-51(80(91)92)36-59(57)81(93)94)64(85)74-53(33-44(2)3)63(84)75-56(68(89)97-42-49-23-16-11-17-24-49)34-46-26-29-52(30-27-46)95-40-47-19-12-9-13-20-47/h9-17,19-24,26-31,36,39,43-45,53-56,58,62H,8,18,25,32-35,37-38,40-42H2,1-7H3,(H,71,87)(H,73,82)(H,74,85)(H,75,84)(H,76,90)(H,77,86)/t45-,53-,54-,55-,56-,58-,62-/m0/s1. The normalized spacial score (nSPS) is 14.6. The van der Waals surface area contributed by atoms with E-state index in [4.69, 9.17) is 18.9 Å². The topological polar surface area (TPSA) is 370 Å². The van der Waals surface area contributed by atoms with E-state index in [0.717, 1.165) is 30.1 Å². The fraction of sp³-hybridized carbons (Fsp3) is 0.400. The number of likely N-dealkylation sites (tertiary alicyclic amines) is 1. The number of hydrogen-bond acceptors (Lipinski definition) is 18. The van der Waals surface area contributed by atoms with Crippen LogP contribution in [-0.4, -0.2) is 133 Å². The van der Waals surface area contributed by atoms with Crippen molar-refractivity contribution < 1.29 is 71.9 Å². The van der Waals surface area contributed by atoms with Crippen molar-refractivity contribution in [2.75, 3.05) is 13.1 Å². The van der Waals surface area contributed by atoms with Crippen molar-refractivity contribution in [3.63, 3.8) is 0 Å². The molecule has 28 heteroatoms. The van der Waals surface area contributed by atoms with E-state index in [2.05, 4.69) is 36.9 Å². The van der Waals surface area contributed by atoms with E-state index in [9.17, 15) is 63.4 Å². The summed E-state index contributed by atoms with van der Waals surface area (Å²) in [5, 5.41) is 39.6. The number of esters is 2. The Morgan fingerprint density at radius 1 is 0.653 bits per heavy atom. The van der Waals surface area contributed by atoms with Crippen LogP contribution in [0.15, 0.2) is 146 Å². The Balaban J connectivity index is 1.09. The molecule has 0 saturated carbocycles. The average molecular weight is 1350 g/mol. The predicted molar refractivity (Wildman–Crippen MR) is 356 cm³/mol. The number of hydrogen-bond donors (Lipinski definition) is 6. The fourth-order valence-electron chi connectivity index (χ4n) is 10.6. The summed E-state index contributed by atoms with van der Waals surface area (Å²) in [5.41, 5.74) is 0.684. The van der Waals surface area contributed by atoms with Crippen molar-refractivity contribution in [2.45, 2.75) is 155 Å². The second-order valence-electron chi connectivity index (χ2n) is 25.1. The average Bonchev–Trinajstić information content (AvgIpc) is 1.56. The molecule has 6 N–H and O–H groups in total. The largest absolute Gasteiger partial charge is 0.489 e. The molecule has 7 amide bonds. The van der Waals surface area contributed by atoms with Crippen LogP contribution in [0.1, 0.15) is 109 Å². The molecular weight excluding hydrogens is 1270 g/mol. The van der Waals surface area contributed by atoms with Crippen molar-refractivity contribution in [1.29, 1.82) is 0 Å². The molecule has 0 aliphatic carbocycles. The molecule has 0 radical (unpaired) electrons. The van der Waals surface area contributed by atoms with Gasteiger partial charge in [0.05, 0.1) is 40.9 Å². The van der Waals surface area contributed by atoms with Crippen LogP contribution in [0.3, 0.4) is 0 Å². The highest BCUT2D eigenvalue weighted by molar-refractivity contribution is 5.97. The quantitative estimate of drug-likeness (QED) is 0.0105. The molecule has 1 fully saturated rings. The van der Waals surface area contributed by atoms with Gasteiger partial charge in [-0.25, -0.2) is 14.6 Å². The molecule has 1 aliphatic heterocycles. The van der Waals surface area contributed by atoms with Crippen molar-refractivity contribution in [1.82, 2.24) is 46.4 Å². The molecule has 7 atom stereocenters. The molecule has 0 spiro atoms. The van der Waals surface area contributed by atoms with Gasteiger partial charge < -0.3 is 55.7 Å². The lowest BCUT2D eigenvalue weighted by molar-refractivity contribution is -0.394. The third-order valence-electron chi connectivity index (χ3n) is 15.8. The number of nitro benzene ring substituents is 2. The van der Waals surface area contributed by atoms with Gasteiger partial charge in [-0.3, -0.25) is 58.4 Å². The summed E-state index contributed by atoms with van der Waals surface area (Å²) in [6.45, 7) is 11.2. The van der Waals surface area contributed by atoms with Crippen molar-refractivity contribution in [3.8, 4) is 11.4 Å². The number of amides is 7. The summed E-state index contributed by atoms with van der Waals surface area (Å²) in [5.74, 6) is -6.91. The van der Waals surface area contributed by atoms with E-state index < -0.39 is 142 Å². The van der Waals surface area contributed by atoms with Gasteiger partial charge in [0.25, 0.3) is 11.4 Å². The van der Waals surface area contributed by atoms with Gasteiger partial charge in [-0.1, -0.05) is 137 Å². The Morgan fingerprint density at radius 3 is 1.85 bits per heavy atom. The van der Waals surface area contributed by atoms with E-state index in [1.165, 1.54) is 15.7 Å². The van der Waals surface area contributed by atoms with Crippen LogP contribution in [0.25, 0.3) is 5.69 Å². The zero-order chi connectivity index (χ0) is 71.1. The van der Waals surface area contributed by atoms with Crippen molar-refractivity contribution in [3.05, 3.63) is 194 Å². The molecule has 28 nitrogen and oxygen atoms in total. The first-order valence-electron chi connectivity index (χ1n) is 32.1. The first-order valence-corrected chi connectivity index (χ1v) is 32.1. The summed E-state index contributed by atoms with van der Waals surface area (Å²) in [6.07, 6.45) is 1.17. The highest BCUT2D eigenvalue weighted by Gasteiger charge is 2.41. The van der Waals surface area contributed by atoms with Gasteiger partial charge in [-0.15, -0.1) is 0 Å². The number of carbonyl (C=O) groups is 9. The van der Waals surface area contributed by atoms with Crippen LogP contribution in [0.4, 0.5) is 16.2 Å². The second-order valence-corrected chi connectivity index (χ2v) is 25.1. The maximum absolute atomic E-state index is 14.8. The number of carbonyl (C=O) groups excluding carboxylic acids is 9. The molecule has 5 aromatic carbocycles. The van der Waals surface area contributed by atoms with Crippen LogP contribution in [0, 0.1) is 32.1 Å². The Kier molecular flexibility index (Phi) is 27.0. The number of aromatic nitrogens is 2. The Labute approximate surface area is 566 Å². The van der Waals surface area contributed by atoms with E-state index in [1.807, 2.05) is 30.3 Å². The number of nitrogens with one attached hydrogen (secondary N) is 6. The molecule has 1 saturated heterocycles. The molecule has 0 unspecified atom stereocenters. The van der Waals surface area contributed by atoms with E-state index in [-0.39, 0.29) is 56.3 Å². The number of benzene rings is 5.